The number of thiophene rings is 1. The Bertz CT molecular complexity index is 523. The molecule has 0 aliphatic carbocycles. The standard InChI is InChI=1S/C8H4FNO2S2/c9-6-1-4(13)2-7-5(6)3-8(14-7)10(11)12/h1-3,13H. The topological polar surface area (TPSA) is 43.1 Å². The Morgan fingerprint density at radius 2 is 2.14 bits per heavy atom. The van der Waals surface area contributed by atoms with Gasteiger partial charge in [-0.2, -0.15) is 0 Å². The van der Waals surface area contributed by atoms with Gasteiger partial charge in [-0.15, -0.1) is 12.6 Å². The van der Waals surface area contributed by atoms with Crippen LogP contribution >= 0.6 is 24.0 Å². The third-order valence-electron chi connectivity index (χ3n) is 1.74. The van der Waals surface area contributed by atoms with Gasteiger partial charge in [0.05, 0.1) is 4.92 Å². The molecule has 0 saturated carbocycles. The van der Waals surface area contributed by atoms with Gasteiger partial charge in [0.2, 0.25) is 0 Å². The number of hydrogen-bond donors (Lipinski definition) is 1. The monoisotopic (exact) mass is 229 g/mol. The first-order valence-corrected chi connectivity index (χ1v) is 4.91. The molecule has 0 bridgehead atoms. The van der Waals surface area contributed by atoms with Crippen molar-refractivity contribution < 1.29 is 9.31 Å². The predicted octanol–water partition coefficient (Wildman–Crippen LogP) is 3.24. The smallest absolute Gasteiger partial charge is 0.258 e. The third kappa shape index (κ3) is 1.46. The van der Waals surface area contributed by atoms with Gasteiger partial charge < -0.3 is 0 Å². The van der Waals surface area contributed by atoms with Crippen LogP contribution in [0.25, 0.3) is 10.1 Å². The summed E-state index contributed by atoms with van der Waals surface area (Å²) in [5.41, 5.74) is 0. The fourth-order valence-corrected chi connectivity index (χ4v) is 2.42. The van der Waals surface area contributed by atoms with E-state index in [4.69, 9.17) is 0 Å². The summed E-state index contributed by atoms with van der Waals surface area (Å²) in [4.78, 5) is 10.4. The highest BCUT2D eigenvalue weighted by Crippen LogP contribution is 2.34. The molecular formula is C8H4FNO2S2. The molecule has 0 N–H and O–H groups in total. The van der Waals surface area contributed by atoms with Crippen molar-refractivity contribution in [3.63, 3.8) is 0 Å². The summed E-state index contributed by atoms with van der Waals surface area (Å²) < 4.78 is 13.8. The van der Waals surface area contributed by atoms with E-state index in [2.05, 4.69) is 12.6 Å². The highest BCUT2D eigenvalue weighted by molar-refractivity contribution is 7.80. The molecule has 0 amide bonds. The molecule has 0 radical (unpaired) electrons. The molecule has 0 aliphatic rings. The van der Waals surface area contributed by atoms with Crippen LogP contribution in [0.5, 0.6) is 0 Å². The Morgan fingerprint density at radius 3 is 2.79 bits per heavy atom. The summed E-state index contributed by atoms with van der Waals surface area (Å²) in [6.45, 7) is 0. The number of benzene rings is 1. The molecule has 0 unspecified atom stereocenters. The molecule has 0 fully saturated rings. The molecule has 1 aromatic carbocycles. The van der Waals surface area contributed by atoms with Gasteiger partial charge in [-0.3, -0.25) is 10.1 Å². The second-order valence-electron chi connectivity index (χ2n) is 2.68. The Morgan fingerprint density at radius 1 is 1.43 bits per heavy atom. The quantitative estimate of drug-likeness (QED) is 0.463. The van der Waals surface area contributed by atoms with Crippen LogP contribution in [0.1, 0.15) is 0 Å². The maximum absolute atomic E-state index is 13.3. The van der Waals surface area contributed by atoms with Crippen LogP contribution in [-0.2, 0) is 0 Å². The zero-order valence-corrected chi connectivity index (χ0v) is 8.44. The zero-order chi connectivity index (χ0) is 10.3. The molecule has 6 heteroatoms. The number of rotatable bonds is 1. The van der Waals surface area contributed by atoms with Crippen molar-refractivity contribution in [2.45, 2.75) is 4.90 Å². The maximum atomic E-state index is 13.3. The van der Waals surface area contributed by atoms with Gasteiger partial charge >= 0.3 is 5.00 Å². The highest BCUT2D eigenvalue weighted by atomic mass is 32.1. The van der Waals surface area contributed by atoms with E-state index in [0.29, 0.717) is 9.60 Å². The van der Waals surface area contributed by atoms with Crippen LogP contribution < -0.4 is 0 Å². The number of halogens is 1. The lowest BCUT2D eigenvalue weighted by Gasteiger charge is -1.92. The molecule has 0 aliphatic heterocycles. The van der Waals surface area contributed by atoms with Gasteiger partial charge in [-0.05, 0) is 12.1 Å². The van der Waals surface area contributed by atoms with Crippen molar-refractivity contribution in [1.29, 1.82) is 0 Å². The van der Waals surface area contributed by atoms with Crippen LogP contribution in [0.3, 0.4) is 0 Å². The molecular weight excluding hydrogens is 225 g/mol. The molecule has 72 valence electrons. The van der Waals surface area contributed by atoms with Gasteiger partial charge in [0.15, 0.2) is 0 Å². The maximum Gasteiger partial charge on any atom is 0.325 e. The van der Waals surface area contributed by atoms with Crippen LogP contribution in [0.4, 0.5) is 9.39 Å². The summed E-state index contributed by atoms with van der Waals surface area (Å²) in [5.74, 6) is -0.475. The van der Waals surface area contributed by atoms with Crippen molar-refractivity contribution >= 4 is 39.1 Å². The van der Waals surface area contributed by atoms with E-state index in [1.165, 1.54) is 12.1 Å². The predicted molar refractivity (Wildman–Crippen MR) is 55.7 cm³/mol. The highest BCUT2D eigenvalue weighted by Gasteiger charge is 2.14. The molecule has 1 heterocycles. The average Bonchev–Trinajstić information content (AvgIpc) is 2.47. The summed E-state index contributed by atoms with van der Waals surface area (Å²) in [6.07, 6.45) is 0. The molecule has 14 heavy (non-hydrogen) atoms. The third-order valence-corrected chi connectivity index (χ3v) is 3.03. The van der Waals surface area contributed by atoms with Crippen molar-refractivity contribution in [2.75, 3.05) is 0 Å². The summed E-state index contributed by atoms with van der Waals surface area (Å²) >= 11 is 4.93. The number of hydrogen-bond acceptors (Lipinski definition) is 4. The molecule has 2 aromatic rings. The Labute approximate surface area is 87.7 Å². The normalized spacial score (nSPS) is 10.7. The SMILES string of the molecule is O=[N+]([O-])c1cc2c(F)cc(S)cc2s1. The first-order chi connectivity index (χ1) is 6.58. The fourth-order valence-electron chi connectivity index (χ4n) is 1.16. The molecule has 1 aromatic heterocycles. The van der Waals surface area contributed by atoms with Crippen molar-refractivity contribution in [3.8, 4) is 0 Å². The van der Waals surface area contributed by atoms with Crippen LogP contribution in [-0.4, -0.2) is 4.92 Å². The number of thiol groups is 1. The first kappa shape index (κ1) is 9.42. The van der Waals surface area contributed by atoms with Gasteiger partial charge in [-0.25, -0.2) is 4.39 Å². The minimum absolute atomic E-state index is 0.0576. The minimum atomic E-state index is -0.525. The number of nitro groups is 1. The molecule has 3 nitrogen and oxygen atoms in total. The summed E-state index contributed by atoms with van der Waals surface area (Å²) in [5, 5.41) is 10.7. The molecule has 2 rings (SSSR count). The first-order valence-electron chi connectivity index (χ1n) is 3.64. The zero-order valence-electron chi connectivity index (χ0n) is 6.73. The van der Waals surface area contributed by atoms with Gasteiger partial charge in [0.25, 0.3) is 0 Å². The average molecular weight is 229 g/mol. The van der Waals surface area contributed by atoms with E-state index < -0.39 is 10.7 Å². The second-order valence-corrected chi connectivity index (χ2v) is 4.26. The van der Waals surface area contributed by atoms with Crippen molar-refractivity contribution in [1.82, 2.24) is 0 Å². The van der Waals surface area contributed by atoms with E-state index in [1.54, 1.807) is 6.07 Å². The van der Waals surface area contributed by atoms with E-state index in [1.807, 2.05) is 0 Å². The lowest BCUT2D eigenvalue weighted by atomic mass is 10.2. The molecule has 0 spiro atoms. The lowest BCUT2D eigenvalue weighted by molar-refractivity contribution is -0.380. The second kappa shape index (κ2) is 3.21. The van der Waals surface area contributed by atoms with Crippen molar-refractivity contribution in [3.05, 3.63) is 34.1 Å². The van der Waals surface area contributed by atoms with Crippen molar-refractivity contribution in [2.24, 2.45) is 0 Å². The van der Waals surface area contributed by atoms with Crippen LogP contribution in [0.2, 0.25) is 0 Å². The lowest BCUT2D eigenvalue weighted by Crippen LogP contribution is -1.80. The van der Waals surface area contributed by atoms with Gasteiger partial charge in [-0.1, -0.05) is 11.3 Å². The van der Waals surface area contributed by atoms with E-state index in [9.17, 15) is 14.5 Å². The van der Waals surface area contributed by atoms with Gasteiger partial charge in [0.1, 0.15) is 5.82 Å². The number of nitrogens with zero attached hydrogens (tertiary/aromatic N) is 1. The van der Waals surface area contributed by atoms with E-state index >= 15 is 0 Å². The fraction of sp³-hybridized carbons (Fsp3) is 0. The van der Waals surface area contributed by atoms with Gasteiger partial charge in [0, 0.05) is 21.0 Å². The minimum Gasteiger partial charge on any atom is -0.258 e. The summed E-state index contributed by atoms with van der Waals surface area (Å²) in [6, 6.07) is 4.09. The van der Waals surface area contributed by atoms with Crippen LogP contribution in [0, 0.1) is 15.9 Å². The Kier molecular flexibility index (Phi) is 2.16. The molecule has 0 atom stereocenters. The largest absolute Gasteiger partial charge is 0.325 e. The van der Waals surface area contributed by atoms with Crippen LogP contribution in [0.15, 0.2) is 23.1 Å². The number of fused-ring (bicyclic) bond motifs is 1. The van der Waals surface area contributed by atoms with E-state index in [-0.39, 0.29) is 10.4 Å². The molecule has 0 saturated heterocycles. The Balaban J connectivity index is 2.76. The summed E-state index contributed by atoms with van der Waals surface area (Å²) in [7, 11) is 0. The van der Waals surface area contributed by atoms with E-state index in [0.717, 1.165) is 11.3 Å². The Hall–Kier alpha value is -1.14.